The number of hydrogen-bond donors (Lipinski definition) is 1. The highest BCUT2D eigenvalue weighted by Gasteiger charge is 2.38. The van der Waals surface area contributed by atoms with E-state index in [1.54, 1.807) is 30.3 Å². The molecule has 1 aliphatic rings. The van der Waals surface area contributed by atoms with Crippen LogP contribution in [-0.4, -0.2) is 15.8 Å². The average molecular weight is 425 g/mol. The molecule has 1 heterocycles. The fraction of sp³-hybridized carbons (Fsp3) is 0.158. The highest BCUT2D eigenvalue weighted by Crippen LogP contribution is 2.44. The minimum atomic E-state index is -0.519. The third-order valence-electron chi connectivity index (χ3n) is 4.48. The molecule has 0 radical (unpaired) electrons. The molecule has 1 aromatic heterocycles. The van der Waals surface area contributed by atoms with Gasteiger partial charge in [0.05, 0.1) is 27.6 Å². The van der Waals surface area contributed by atoms with E-state index < -0.39 is 5.56 Å². The summed E-state index contributed by atoms with van der Waals surface area (Å²) in [4.78, 5) is 12.2. The molecule has 2 aromatic carbocycles. The van der Waals surface area contributed by atoms with Crippen molar-refractivity contribution in [2.45, 2.75) is 18.4 Å². The second kappa shape index (κ2) is 7.15. The van der Waals surface area contributed by atoms with Crippen LogP contribution >= 0.6 is 34.8 Å². The maximum absolute atomic E-state index is 13.4. The largest absolute Gasteiger partial charge is 0.380 e. The minimum Gasteiger partial charge on any atom is -0.380 e. The van der Waals surface area contributed by atoms with E-state index in [0.29, 0.717) is 10.7 Å². The van der Waals surface area contributed by atoms with Crippen LogP contribution in [0, 0.1) is 5.82 Å². The standard InChI is InChI=1S/C19H13Cl3FN3O/c20-14-7-12(26-19(27)18(22)15(21)9-24-26)4-5-16(14)25-17-8-13(17)10-2-1-3-11(23)6-10/h1-7,9,13,17,25H,8H2/t13-,17-/m0/s1. The second-order valence-electron chi connectivity index (χ2n) is 6.34. The van der Waals surface area contributed by atoms with Crippen LogP contribution in [0.5, 0.6) is 0 Å². The summed E-state index contributed by atoms with van der Waals surface area (Å²) in [6.45, 7) is 0. The molecule has 3 aromatic rings. The van der Waals surface area contributed by atoms with Crippen LogP contribution in [0.1, 0.15) is 17.9 Å². The Morgan fingerprint density at radius 2 is 1.93 bits per heavy atom. The summed E-state index contributed by atoms with van der Waals surface area (Å²) < 4.78 is 14.5. The molecule has 4 rings (SSSR count). The van der Waals surface area contributed by atoms with Crippen molar-refractivity contribution >= 4 is 40.5 Å². The summed E-state index contributed by atoms with van der Waals surface area (Å²) in [7, 11) is 0. The van der Waals surface area contributed by atoms with E-state index in [-0.39, 0.29) is 27.8 Å². The van der Waals surface area contributed by atoms with Crippen LogP contribution in [0.3, 0.4) is 0 Å². The monoisotopic (exact) mass is 423 g/mol. The van der Waals surface area contributed by atoms with Crippen molar-refractivity contribution in [3.05, 3.63) is 85.5 Å². The van der Waals surface area contributed by atoms with Crippen molar-refractivity contribution < 1.29 is 4.39 Å². The molecule has 1 saturated carbocycles. The lowest BCUT2D eigenvalue weighted by Gasteiger charge is -2.11. The first kappa shape index (κ1) is 18.3. The molecule has 138 valence electrons. The molecule has 0 spiro atoms. The predicted molar refractivity (Wildman–Crippen MR) is 106 cm³/mol. The summed E-state index contributed by atoms with van der Waals surface area (Å²) in [5.74, 6) is 0.0101. The van der Waals surface area contributed by atoms with Crippen LogP contribution in [-0.2, 0) is 0 Å². The van der Waals surface area contributed by atoms with Crippen LogP contribution in [0.15, 0.2) is 53.5 Å². The van der Waals surface area contributed by atoms with E-state index >= 15 is 0 Å². The number of nitrogens with one attached hydrogen (secondary N) is 1. The van der Waals surface area contributed by atoms with Crippen molar-refractivity contribution in [1.29, 1.82) is 0 Å². The van der Waals surface area contributed by atoms with Crippen LogP contribution in [0.2, 0.25) is 15.1 Å². The fourth-order valence-corrected chi connectivity index (χ4v) is 3.49. The van der Waals surface area contributed by atoms with Crippen molar-refractivity contribution in [2.24, 2.45) is 0 Å². The van der Waals surface area contributed by atoms with E-state index in [1.165, 1.54) is 12.3 Å². The highest BCUT2D eigenvalue weighted by atomic mass is 35.5. The van der Waals surface area contributed by atoms with E-state index in [2.05, 4.69) is 10.4 Å². The first-order valence-corrected chi connectivity index (χ1v) is 9.32. The summed E-state index contributed by atoms with van der Waals surface area (Å²) in [6.07, 6.45) is 2.20. The Hall–Kier alpha value is -2.08. The zero-order chi connectivity index (χ0) is 19.1. The van der Waals surface area contributed by atoms with Gasteiger partial charge in [-0.15, -0.1) is 0 Å². The molecule has 27 heavy (non-hydrogen) atoms. The van der Waals surface area contributed by atoms with Gasteiger partial charge in [-0.3, -0.25) is 4.79 Å². The fourth-order valence-electron chi connectivity index (χ4n) is 3.01. The predicted octanol–water partition coefficient (Wildman–Crippen LogP) is 5.30. The number of rotatable bonds is 4. The highest BCUT2D eigenvalue weighted by molar-refractivity contribution is 6.41. The summed E-state index contributed by atoms with van der Waals surface area (Å²) in [6, 6.07) is 11.9. The van der Waals surface area contributed by atoms with Gasteiger partial charge in [0, 0.05) is 12.0 Å². The molecule has 0 unspecified atom stereocenters. The van der Waals surface area contributed by atoms with Gasteiger partial charge >= 0.3 is 0 Å². The summed E-state index contributed by atoms with van der Waals surface area (Å²) in [5, 5.41) is 7.78. The number of halogens is 4. The Bertz CT molecular complexity index is 1090. The first-order valence-electron chi connectivity index (χ1n) is 8.19. The number of hydrogen-bond acceptors (Lipinski definition) is 3. The van der Waals surface area contributed by atoms with Crippen LogP contribution < -0.4 is 10.9 Å². The Kier molecular flexibility index (Phi) is 4.84. The van der Waals surface area contributed by atoms with Gasteiger partial charge in [0.25, 0.3) is 5.56 Å². The van der Waals surface area contributed by atoms with E-state index in [1.807, 2.05) is 6.07 Å². The van der Waals surface area contributed by atoms with E-state index in [9.17, 15) is 9.18 Å². The van der Waals surface area contributed by atoms with Gasteiger partial charge in [-0.05, 0) is 42.3 Å². The number of nitrogens with zero attached hydrogens (tertiary/aromatic N) is 2. The summed E-state index contributed by atoms with van der Waals surface area (Å²) >= 11 is 18.1. The Labute approximate surface area is 169 Å². The first-order chi connectivity index (χ1) is 12.9. The average Bonchev–Trinajstić information content (AvgIpc) is 3.41. The quantitative estimate of drug-likeness (QED) is 0.618. The number of aromatic nitrogens is 2. The Balaban J connectivity index is 1.54. The second-order valence-corrected chi connectivity index (χ2v) is 7.53. The maximum Gasteiger partial charge on any atom is 0.291 e. The molecule has 2 atom stereocenters. The third kappa shape index (κ3) is 3.68. The zero-order valence-electron chi connectivity index (χ0n) is 13.8. The van der Waals surface area contributed by atoms with E-state index in [4.69, 9.17) is 34.8 Å². The number of anilines is 1. The molecule has 1 fully saturated rings. The van der Waals surface area contributed by atoms with Gasteiger partial charge in [-0.1, -0.05) is 46.9 Å². The molecule has 1 N–H and O–H groups in total. The van der Waals surface area contributed by atoms with Crippen LogP contribution in [0.4, 0.5) is 10.1 Å². The smallest absolute Gasteiger partial charge is 0.291 e. The molecule has 4 nitrogen and oxygen atoms in total. The third-order valence-corrected chi connectivity index (χ3v) is 5.54. The van der Waals surface area contributed by atoms with Crippen LogP contribution in [0.25, 0.3) is 5.69 Å². The van der Waals surface area contributed by atoms with Gasteiger partial charge in [0.15, 0.2) is 0 Å². The van der Waals surface area contributed by atoms with Crippen molar-refractivity contribution in [2.75, 3.05) is 5.32 Å². The molecule has 0 aliphatic heterocycles. The minimum absolute atomic E-state index is 0.0964. The molecule has 8 heteroatoms. The topological polar surface area (TPSA) is 46.9 Å². The van der Waals surface area contributed by atoms with Gasteiger partial charge in [-0.2, -0.15) is 9.78 Å². The summed E-state index contributed by atoms with van der Waals surface area (Å²) in [5.41, 5.74) is 1.66. The molecular formula is C19H13Cl3FN3O. The molecule has 0 amide bonds. The number of benzene rings is 2. The SMILES string of the molecule is O=c1c(Cl)c(Cl)cnn1-c1ccc(N[C@H]2C[C@H]2c2cccc(F)c2)c(Cl)c1. The Morgan fingerprint density at radius 3 is 2.67 bits per heavy atom. The molecule has 0 bridgehead atoms. The van der Waals surface area contributed by atoms with Gasteiger partial charge in [-0.25, -0.2) is 4.39 Å². The maximum atomic E-state index is 13.4. The van der Waals surface area contributed by atoms with Crippen molar-refractivity contribution in [3.63, 3.8) is 0 Å². The van der Waals surface area contributed by atoms with Gasteiger partial charge in [0.2, 0.25) is 0 Å². The lowest BCUT2D eigenvalue weighted by Crippen LogP contribution is -2.21. The lowest BCUT2D eigenvalue weighted by molar-refractivity contribution is 0.625. The van der Waals surface area contributed by atoms with Crippen molar-refractivity contribution in [3.8, 4) is 5.69 Å². The van der Waals surface area contributed by atoms with Crippen molar-refractivity contribution in [1.82, 2.24) is 9.78 Å². The molecular weight excluding hydrogens is 412 g/mol. The zero-order valence-corrected chi connectivity index (χ0v) is 16.1. The van der Waals surface area contributed by atoms with Gasteiger partial charge in [0.1, 0.15) is 10.8 Å². The van der Waals surface area contributed by atoms with Gasteiger partial charge < -0.3 is 5.32 Å². The van der Waals surface area contributed by atoms with E-state index in [0.717, 1.165) is 22.4 Å². The Morgan fingerprint density at radius 1 is 1.11 bits per heavy atom. The lowest BCUT2D eigenvalue weighted by atomic mass is 10.1. The molecule has 1 aliphatic carbocycles. The molecule has 0 saturated heterocycles. The normalized spacial score (nSPS) is 18.4.